The van der Waals surface area contributed by atoms with Gasteiger partial charge in [-0.25, -0.2) is 28.8 Å². The van der Waals surface area contributed by atoms with Gasteiger partial charge in [0, 0.05) is 0 Å². The van der Waals surface area contributed by atoms with E-state index in [2.05, 4.69) is 31.9 Å². The zero-order valence-corrected chi connectivity index (χ0v) is 53.7. The van der Waals surface area contributed by atoms with Crippen molar-refractivity contribution in [1.82, 2.24) is 31.9 Å². The lowest BCUT2D eigenvalue weighted by atomic mass is 9.97. The van der Waals surface area contributed by atoms with Crippen molar-refractivity contribution in [2.24, 2.45) is 53.3 Å². The molecule has 1 heterocycles. The van der Waals surface area contributed by atoms with E-state index >= 15 is 0 Å². The summed E-state index contributed by atoms with van der Waals surface area (Å²) in [6.07, 6.45) is -7.27. The first-order chi connectivity index (χ1) is 39.1. The van der Waals surface area contributed by atoms with Crippen molar-refractivity contribution in [1.29, 1.82) is 0 Å². The highest BCUT2D eigenvalue weighted by molar-refractivity contribution is 5.96. The summed E-state index contributed by atoms with van der Waals surface area (Å²) < 4.78 is 34.3. The zero-order valence-electron chi connectivity index (χ0n) is 53.7. The highest BCUT2D eigenvalue weighted by Gasteiger charge is 2.43. The number of nitrogens with one attached hydrogen (secondary N) is 6. The number of ether oxygens (including phenoxy) is 6. The van der Waals surface area contributed by atoms with E-state index in [1.165, 1.54) is 20.8 Å². The Hall–Kier alpha value is -6.36. The average molecular weight is 1200 g/mol. The maximum Gasteiger partial charge on any atom is 0.329 e. The summed E-state index contributed by atoms with van der Waals surface area (Å²) in [6.45, 7) is 33.8. The van der Waals surface area contributed by atoms with Gasteiger partial charge in [0.05, 0.1) is 0 Å². The van der Waals surface area contributed by atoms with Crippen LogP contribution in [-0.4, -0.2) is 144 Å². The minimum absolute atomic E-state index is 0.330. The fraction of sp³-hybridized carbons (Fsp3) is 0.800. The molecule has 0 aromatic heterocycles. The van der Waals surface area contributed by atoms with Crippen LogP contribution in [0.15, 0.2) is 0 Å². The van der Waals surface area contributed by atoms with Crippen LogP contribution in [0.4, 0.5) is 0 Å². The number of cyclic esters (lactones) is 6. The predicted molar refractivity (Wildman–Crippen MR) is 309 cm³/mol. The molecular weight excluding hydrogens is 1090 g/mol. The summed E-state index contributed by atoms with van der Waals surface area (Å²) in [4.78, 5) is 168. The highest BCUT2D eigenvalue weighted by atomic mass is 16.6. The molecule has 18 atom stereocenters. The molecule has 0 aliphatic carbocycles. The van der Waals surface area contributed by atoms with Gasteiger partial charge in [0.25, 0.3) is 35.4 Å². The lowest BCUT2D eigenvalue weighted by Crippen LogP contribution is -2.56. The van der Waals surface area contributed by atoms with E-state index in [1.54, 1.807) is 125 Å². The molecule has 6 amide bonds. The Morgan fingerprint density at radius 2 is 0.405 bits per heavy atom. The molecule has 0 saturated carbocycles. The average Bonchev–Trinajstić information content (AvgIpc) is 3.46. The van der Waals surface area contributed by atoms with Crippen LogP contribution in [0, 0.1) is 53.3 Å². The molecule has 1 aliphatic heterocycles. The number of hydrogen-bond acceptors (Lipinski definition) is 18. The van der Waals surface area contributed by atoms with E-state index in [9.17, 15) is 57.5 Å². The quantitative estimate of drug-likeness (QED) is 0.0957. The third-order valence-corrected chi connectivity index (χ3v) is 15.9. The standard InChI is InChI=1S/C60H102N6O18/c1-22-31(13)40-55(73)79-37(19)49(67)61-44(35(17)26-5)59(77)83-47(29(9)10)53(71)65-42(33(15)24-3)57(75)81-39(21)51(69)63-45(36(18)27-6)60(78)84-48(30(11)12)54(72)66-41(32(14)23-2)56(74)80-38(20)50(68)62-43(34(16)25-4)58(76)82-46(28(7)8)52(70)64-40/h28-48H,22-27H2,1-21H3,(H,61,67)(H,62,68)(H,63,69)(H,64,70)(H,65,71)(H,66,72). The predicted octanol–water partition coefficient (Wildman–Crippen LogP) is 4.68. The van der Waals surface area contributed by atoms with E-state index < -0.39 is 197 Å². The minimum atomic E-state index is -1.56. The molecule has 480 valence electrons. The van der Waals surface area contributed by atoms with E-state index in [1.807, 2.05) is 0 Å². The monoisotopic (exact) mass is 1190 g/mol. The van der Waals surface area contributed by atoms with Crippen LogP contribution < -0.4 is 31.9 Å². The van der Waals surface area contributed by atoms with Crippen LogP contribution in [0.5, 0.6) is 0 Å². The first kappa shape index (κ1) is 75.7. The molecule has 1 aliphatic rings. The Kier molecular flexibility index (Phi) is 32.3. The Morgan fingerprint density at radius 3 is 0.548 bits per heavy atom. The molecule has 24 heteroatoms. The van der Waals surface area contributed by atoms with Gasteiger partial charge >= 0.3 is 35.8 Å². The summed E-state index contributed by atoms with van der Waals surface area (Å²) >= 11 is 0. The van der Waals surface area contributed by atoms with Gasteiger partial charge in [0.2, 0.25) is 0 Å². The van der Waals surface area contributed by atoms with Crippen molar-refractivity contribution in [3.8, 4) is 0 Å². The maximum atomic E-state index is 14.1. The second kappa shape index (κ2) is 35.8. The summed E-state index contributed by atoms with van der Waals surface area (Å²) in [6, 6.07) is -8.31. The second-order valence-corrected chi connectivity index (χ2v) is 23.8. The summed E-state index contributed by atoms with van der Waals surface area (Å²) in [5.74, 6) is -17.2. The van der Waals surface area contributed by atoms with Crippen molar-refractivity contribution in [3.05, 3.63) is 0 Å². The molecule has 0 radical (unpaired) electrons. The highest BCUT2D eigenvalue weighted by Crippen LogP contribution is 2.22. The lowest BCUT2D eigenvalue weighted by Gasteiger charge is -2.31. The molecule has 0 aromatic rings. The zero-order chi connectivity index (χ0) is 64.8. The van der Waals surface area contributed by atoms with Gasteiger partial charge in [-0.2, -0.15) is 0 Å². The molecule has 0 spiro atoms. The lowest BCUT2D eigenvalue weighted by molar-refractivity contribution is -0.167. The smallest absolute Gasteiger partial charge is 0.329 e. The largest absolute Gasteiger partial charge is 0.451 e. The minimum Gasteiger partial charge on any atom is -0.451 e. The van der Waals surface area contributed by atoms with Gasteiger partial charge < -0.3 is 60.3 Å². The van der Waals surface area contributed by atoms with Crippen molar-refractivity contribution in [2.45, 2.75) is 257 Å². The molecule has 18 unspecified atom stereocenters. The molecule has 1 saturated heterocycles. The van der Waals surface area contributed by atoms with Crippen LogP contribution in [0.3, 0.4) is 0 Å². The Morgan fingerprint density at radius 1 is 0.262 bits per heavy atom. The number of carbonyl (C=O) groups is 12. The van der Waals surface area contributed by atoms with Crippen LogP contribution in [-0.2, 0) is 86.0 Å². The van der Waals surface area contributed by atoms with Crippen molar-refractivity contribution < 1.29 is 86.0 Å². The summed E-state index contributed by atoms with van der Waals surface area (Å²) in [5.41, 5.74) is 0. The number of hydrogen-bond donors (Lipinski definition) is 6. The maximum absolute atomic E-state index is 14.1. The normalized spacial score (nSPS) is 29.6. The first-order valence-corrected chi connectivity index (χ1v) is 30.1. The van der Waals surface area contributed by atoms with Gasteiger partial charge in [-0.15, -0.1) is 0 Å². The van der Waals surface area contributed by atoms with Crippen molar-refractivity contribution >= 4 is 71.3 Å². The molecule has 84 heavy (non-hydrogen) atoms. The van der Waals surface area contributed by atoms with Crippen LogP contribution >= 0.6 is 0 Å². The fourth-order valence-electron chi connectivity index (χ4n) is 8.51. The first-order valence-electron chi connectivity index (χ1n) is 30.1. The Bertz CT molecular complexity index is 1990. The topological polar surface area (TPSA) is 332 Å². The van der Waals surface area contributed by atoms with Gasteiger partial charge in [0.15, 0.2) is 36.6 Å². The second-order valence-electron chi connectivity index (χ2n) is 23.8. The van der Waals surface area contributed by atoms with Gasteiger partial charge in [-0.3, -0.25) is 28.8 Å². The molecule has 1 rings (SSSR count). The number of esters is 6. The van der Waals surface area contributed by atoms with E-state index in [-0.39, 0.29) is 0 Å². The Labute approximate surface area is 497 Å². The molecule has 0 bridgehead atoms. The SMILES string of the molecule is CCC(C)C1NC(=O)C(C(C)C)OC(=O)C(C(C)CC)NC(=O)C(C)OC(=O)C(C(C)CC)NC(=O)C(C(C)C)OC(=O)C(C(C)CC)NC(=O)C(C)OC(=O)C(C(C)CC)NC(=O)C(C(C)C)OC(=O)C(C(C)CC)NC(=O)C(C)OC1=O. The third kappa shape index (κ3) is 22.2. The van der Waals surface area contributed by atoms with Crippen LogP contribution in [0.1, 0.15) is 184 Å². The molecule has 1 fully saturated rings. The summed E-state index contributed by atoms with van der Waals surface area (Å²) in [7, 11) is 0. The number of carbonyl (C=O) groups excluding carboxylic acids is 12. The molecular formula is C60H102N6O18. The third-order valence-electron chi connectivity index (χ3n) is 15.9. The van der Waals surface area contributed by atoms with Crippen LogP contribution in [0.2, 0.25) is 0 Å². The fourth-order valence-corrected chi connectivity index (χ4v) is 8.51. The van der Waals surface area contributed by atoms with Gasteiger partial charge in [0.1, 0.15) is 36.3 Å². The van der Waals surface area contributed by atoms with Gasteiger partial charge in [-0.05, 0) is 74.0 Å². The molecule has 0 aromatic carbocycles. The molecule has 24 nitrogen and oxygen atoms in total. The van der Waals surface area contributed by atoms with Crippen molar-refractivity contribution in [3.63, 3.8) is 0 Å². The van der Waals surface area contributed by atoms with Crippen molar-refractivity contribution in [2.75, 3.05) is 0 Å². The van der Waals surface area contributed by atoms with E-state index in [0.717, 1.165) is 0 Å². The molecule has 6 N–H and O–H groups in total. The van der Waals surface area contributed by atoms with E-state index in [4.69, 9.17) is 28.4 Å². The van der Waals surface area contributed by atoms with E-state index in [0.29, 0.717) is 38.5 Å². The Balaban J connectivity index is 4.05. The van der Waals surface area contributed by atoms with Crippen LogP contribution in [0.25, 0.3) is 0 Å². The van der Waals surface area contributed by atoms with Gasteiger partial charge in [-0.1, -0.05) is 163 Å². The number of amides is 6. The summed E-state index contributed by atoms with van der Waals surface area (Å²) in [5, 5.41) is 15.6. The number of rotatable bonds is 15.